The maximum atomic E-state index is 12.2. The van der Waals surface area contributed by atoms with E-state index in [1.807, 2.05) is 0 Å². The number of ether oxygens (including phenoxy) is 3. The van der Waals surface area contributed by atoms with Crippen LogP contribution in [0.15, 0.2) is 93.9 Å². The third kappa shape index (κ3) is 8.90. The van der Waals surface area contributed by atoms with Gasteiger partial charge in [-0.1, -0.05) is 23.2 Å². The lowest BCUT2D eigenvalue weighted by Crippen LogP contribution is -2.20. The van der Waals surface area contributed by atoms with Crippen molar-refractivity contribution in [3.8, 4) is 23.0 Å². The second-order valence-electron chi connectivity index (χ2n) is 7.97. The van der Waals surface area contributed by atoms with Crippen LogP contribution >= 0.6 is 55.1 Å². The molecule has 2 N–H and O–H groups in total. The van der Waals surface area contributed by atoms with Crippen LogP contribution in [0.4, 0.5) is 11.4 Å². The summed E-state index contributed by atoms with van der Waals surface area (Å²) in [6.07, 6.45) is 0. The minimum atomic E-state index is -0.311. The summed E-state index contributed by atoms with van der Waals surface area (Å²) < 4.78 is 18.2. The monoisotopic (exact) mass is 692 g/mol. The summed E-state index contributed by atoms with van der Waals surface area (Å²) in [6.45, 7) is -0.321. The zero-order valence-corrected chi connectivity index (χ0v) is 24.7. The smallest absolute Gasteiger partial charge is 0.262 e. The third-order valence-corrected chi connectivity index (χ3v) is 6.73. The van der Waals surface area contributed by atoms with Gasteiger partial charge < -0.3 is 24.8 Å². The highest BCUT2D eigenvalue weighted by Crippen LogP contribution is 2.29. The predicted octanol–water partition coefficient (Wildman–Crippen LogP) is 8.35. The summed E-state index contributed by atoms with van der Waals surface area (Å²) in [5.41, 5.74) is 1.19. The quantitative estimate of drug-likeness (QED) is 0.174. The summed E-state index contributed by atoms with van der Waals surface area (Å²) in [4.78, 5) is 24.5. The van der Waals surface area contributed by atoms with Crippen molar-refractivity contribution in [3.63, 3.8) is 0 Å². The molecule has 0 atom stereocenters. The minimum Gasteiger partial charge on any atom is -0.483 e. The molecule has 0 spiro atoms. The molecule has 11 heteroatoms. The molecule has 7 nitrogen and oxygen atoms in total. The fourth-order valence-electron chi connectivity index (χ4n) is 3.21. The molecule has 0 aliphatic rings. The molecule has 39 heavy (non-hydrogen) atoms. The van der Waals surface area contributed by atoms with Crippen LogP contribution in [0.2, 0.25) is 10.0 Å². The number of rotatable bonds is 10. The number of anilines is 2. The molecule has 0 radical (unpaired) electrons. The first kappa shape index (κ1) is 28.8. The number of halogens is 4. The number of amides is 2. The van der Waals surface area contributed by atoms with E-state index in [2.05, 4.69) is 42.5 Å². The molecule has 4 aromatic carbocycles. The molecule has 2 amide bonds. The second-order valence-corrected chi connectivity index (χ2v) is 10.6. The van der Waals surface area contributed by atoms with Gasteiger partial charge in [0.1, 0.15) is 23.0 Å². The van der Waals surface area contributed by atoms with Crippen LogP contribution in [0, 0.1) is 0 Å². The molecule has 0 aliphatic carbocycles. The van der Waals surface area contributed by atoms with Gasteiger partial charge in [-0.3, -0.25) is 9.59 Å². The van der Waals surface area contributed by atoms with Gasteiger partial charge in [-0.05, 0) is 117 Å². The van der Waals surface area contributed by atoms with Gasteiger partial charge in [-0.25, -0.2) is 0 Å². The Morgan fingerprint density at radius 2 is 1.00 bits per heavy atom. The van der Waals surface area contributed by atoms with Crippen LogP contribution in [-0.2, 0) is 9.59 Å². The van der Waals surface area contributed by atoms with Crippen molar-refractivity contribution in [1.82, 2.24) is 0 Å². The molecule has 200 valence electrons. The number of nitrogens with one attached hydrogen (secondary N) is 2. The lowest BCUT2D eigenvalue weighted by Gasteiger charge is -2.11. The Balaban J connectivity index is 1.22. The normalized spacial score (nSPS) is 10.5. The maximum absolute atomic E-state index is 12.2. The molecule has 0 aliphatic heterocycles. The lowest BCUT2D eigenvalue weighted by molar-refractivity contribution is -0.118. The van der Waals surface area contributed by atoms with E-state index in [0.29, 0.717) is 53.4 Å². The Labute approximate surface area is 251 Å². The highest BCUT2D eigenvalue weighted by molar-refractivity contribution is 9.10. The topological polar surface area (TPSA) is 85.9 Å². The van der Waals surface area contributed by atoms with Crippen molar-refractivity contribution in [2.45, 2.75) is 0 Å². The molecule has 0 bridgehead atoms. The Morgan fingerprint density at radius 1 is 0.615 bits per heavy atom. The van der Waals surface area contributed by atoms with Crippen molar-refractivity contribution < 1.29 is 23.8 Å². The predicted molar refractivity (Wildman–Crippen MR) is 160 cm³/mol. The van der Waals surface area contributed by atoms with E-state index >= 15 is 0 Å². The van der Waals surface area contributed by atoms with Crippen LogP contribution in [0.1, 0.15) is 0 Å². The minimum absolute atomic E-state index is 0.161. The van der Waals surface area contributed by atoms with E-state index in [9.17, 15) is 9.59 Å². The zero-order chi connectivity index (χ0) is 27.8. The summed E-state index contributed by atoms with van der Waals surface area (Å²) in [6, 6.07) is 23.9. The van der Waals surface area contributed by atoms with Crippen LogP contribution in [0.3, 0.4) is 0 Å². The number of benzene rings is 4. The Hall–Kier alpha value is -3.24. The molecule has 4 rings (SSSR count). The molecule has 0 aromatic heterocycles. The zero-order valence-electron chi connectivity index (χ0n) is 20.1. The van der Waals surface area contributed by atoms with E-state index in [0.717, 1.165) is 0 Å². The average Bonchev–Trinajstić information content (AvgIpc) is 2.90. The van der Waals surface area contributed by atoms with Crippen LogP contribution in [0.5, 0.6) is 23.0 Å². The van der Waals surface area contributed by atoms with E-state index in [1.54, 1.807) is 84.9 Å². The molecular formula is C28H20Br2Cl2N2O5. The van der Waals surface area contributed by atoms with Crippen molar-refractivity contribution in [1.29, 1.82) is 0 Å². The summed E-state index contributed by atoms with van der Waals surface area (Å²) in [5, 5.41) is 6.66. The third-order valence-electron chi connectivity index (χ3n) is 5.02. The Bertz CT molecular complexity index is 1360. The number of hydrogen-bond acceptors (Lipinski definition) is 5. The maximum Gasteiger partial charge on any atom is 0.262 e. The first-order chi connectivity index (χ1) is 18.7. The first-order valence-electron chi connectivity index (χ1n) is 11.4. The summed E-state index contributed by atoms with van der Waals surface area (Å²) in [7, 11) is 0. The molecule has 0 saturated heterocycles. The van der Waals surface area contributed by atoms with Gasteiger partial charge in [0, 0.05) is 21.4 Å². The molecular weight excluding hydrogens is 675 g/mol. The molecule has 0 unspecified atom stereocenters. The lowest BCUT2D eigenvalue weighted by atomic mass is 10.2. The van der Waals surface area contributed by atoms with Gasteiger partial charge in [0.05, 0.1) is 8.95 Å². The van der Waals surface area contributed by atoms with Gasteiger partial charge in [0.25, 0.3) is 11.8 Å². The SMILES string of the molecule is O=C(COc1ccc(Cl)cc1Br)Nc1ccc(Oc2ccc(NC(=O)COc3ccc(Cl)cc3Br)cc2)cc1. The Kier molecular flexibility index (Phi) is 10.1. The van der Waals surface area contributed by atoms with Crippen LogP contribution < -0.4 is 24.8 Å². The van der Waals surface area contributed by atoms with Crippen molar-refractivity contribution in [2.24, 2.45) is 0 Å². The van der Waals surface area contributed by atoms with E-state index in [-0.39, 0.29) is 25.0 Å². The Morgan fingerprint density at radius 3 is 1.36 bits per heavy atom. The van der Waals surface area contributed by atoms with Crippen LogP contribution in [-0.4, -0.2) is 25.0 Å². The highest BCUT2D eigenvalue weighted by Gasteiger charge is 2.09. The van der Waals surface area contributed by atoms with Gasteiger partial charge >= 0.3 is 0 Å². The highest BCUT2D eigenvalue weighted by atomic mass is 79.9. The van der Waals surface area contributed by atoms with E-state index < -0.39 is 0 Å². The second kappa shape index (κ2) is 13.7. The first-order valence-corrected chi connectivity index (χ1v) is 13.7. The largest absolute Gasteiger partial charge is 0.483 e. The number of hydrogen-bond donors (Lipinski definition) is 2. The van der Waals surface area contributed by atoms with Gasteiger partial charge in [-0.15, -0.1) is 0 Å². The van der Waals surface area contributed by atoms with E-state index in [1.165, 1.54) is 0 Å². The fraction of sp³-hybridized carbons (Fsp3) is 0.0714. The van der Waals surface area contributed by atoms with Gasteiger partial charge in [-0.2, -0.15) is 0 Å². The standard InChI is InChI=1S/C28H20Br2Cl2N2O5/c29-23-13-17(31)1-11-25(23)37-15-27(35)33-19-3-7-21(8-4-19)39-22-9-5-20(6-10-22)34-28(36)16-38-26-12-2-18(32)14-24(26)30/h1-14H,15-16H2,(H,33,35)(H,34,36). The molecule has 4 aromatic rings. The molecule has 0 heterocycles. The summed E-state index contributed by atoms with van der Waals surface area (Å²) >= 11 is 18.5. The molecule has 0 saturated carbocycles. The van der Waals surface area contributed by atoms with E-state index in [4.69, 9.17) is 37.4 Å². The number of carbonyl (C=O) groups excluding carboxylic acids is 2. The average molecular weight is 695 g/mol. The van der Waals surface area contributed by atoms with Gasteiger partial charge in [0.2, 0.25) is 0 Å². The van der Waals surface area contributed by atoms with Crippen molar-refractivity contribution >= 4 is 78.3 Å². The van der Waals surface area contributed by atoms with Crippen LogP contribution in [0.25, 0.3) is 0 Å². The van der Waals surface area contributed by atoms with Crippen molar-refractivity contribution in [3.05, 3.63) is 104 Å². The van der Waals surface area contributed by atoms with Crippen molar-refractivity contribution in [2.75, 3.05) is 23.8 Å². The number of carbonyl (C=O) groups is 2. The fourth-order valence-corrected chi connectivity index (χ4v) is 4.81. The van der Waals surface area contributed by atoms with Gasteiger partial charge in [0.15, 0.2) is 13.2 Å². The summed E-state index contributed by atoms with van der Waals surface area (Å²) in [5.74, 6) is 1.57. The molecule has 0 fully saturated rings.